The van der Waals surface area contributed by atoms with Crippen molar-refractivity contribution in [1.29, 1.82) is 0 Å². The van der Waals surface area contributed by atoms with Gasteiger partial charge in [0, 0.05) is 20.1 Å². The lowest BCUT2D eigenvalue weighted by atomic mass is 9.90. The zero-order chi connectivity index (χ0) is 16.3. The van der Waals surface area contributed by atoms with E-state index in [1.807, 2.05) is 13.0 Å². The smallest absolute Gasteiger partial charge is 0.239 e. The molecule has 0 bridgehead atoms. The first-order valence-electron chi connectivity index (χ1n) is 7.78. The fourth-order valence-corrected chi connectivity index (χ4v) is 3.02. The molecule has 2 rings (SSSR count). The number of benzene rings is 1. The highest BCUT2D eigenvalue weighted by atomic mass is 35.5. The number of rotatable bonds is 5. The Labute approximate surface area is 144 Å². The summed E-state index contributed by atoms with van der Waals surface area (Å²) in [5, 5.41) is 0. The average Bonchev–Trinajstić information content (AvgIpc) is 2.89. The van der Waals surface area contributed by atoms with Gasteiger partial charge in [-0.3, -0.25) is 9.69 Å². The second-order valence-electron chi connectivity index (χ2n) is 6.74. The fourth-order valence-electron chi connectivity index (χ4n) is 3.02. The highest BCUT2D eigenvalue weighted by Crippen LogP contribution is 2.30. The number of hydrogen-bond donors (Lipinski definition) is 1. The first-order valence-corrected chi connectivity index (χ1v) is 7.78. The summed E-state index contributed by atoms with van der Waals surface area (Å²) in [5.74, 6) is -0.213. The topological polar surface area (TPSA) is 49.6 Å². The van der Waals surface area contributed by atoms with E-state index in [1.165, 1.54) is 12.1 Å². The molecule has 1 aromatic carbocycles. The molecule has 1 aliphatic heterocycles. The summed E-state index contributed by atoms with van der Waals surface area (Å²) >= 11 is 0. The van der Waals surface area contributed by atoms with Gasteiger partial charge in [-0.1, -0.05) is 19.1 Å². The van der Waals surface area contributed by atoms with Crippen LogP contribution in [0.1, 0.15) is 25.8 Å². The fraction of sp³-hybridized carbons (Fsp3) is 0.588. The van der Waals surface area contributed by atoms with Crippen molar-refractivity contribution in [2.45, 2.75) is 32.9 Å². The van der Waals surface area contributed by atoms with Gasteiger partial charge >= 0.3 is 0 Å². The predicted octanol–water partition coefficient (Wildman–Crippen LogP) is 2.27. The molecular weight excluding hydrogens is 317 g/mol. The minimum atomic E-state index is -0.273. The van der Waals surface area contributed by atoms with Crippen molar-refractivity contribution in [2.24, 2.45) is 11.1 Å². The quantitative estimate of drug-likeness (QED) is 0.892. The van der Waals surface area contributed by atoms with Crippen LogP contribution in [0.5, 0.6) is 0 Å². The van der Waals surface area contributed by atoms with Crippen LogP contribution in [0.25, 0.3) is 0 Å². The minimum Gasteiger partial charge on any atom is -0.340 e. The predicted molar refractivity (Wildman–Crippen MR) is 92.9 cm³/mol. The number of halogens is 2. The number of likely N-dealkylation sites (tertiary alicyclic amines) is 1. The number of nitrogens with zero attached hydrogens (tertiary/aromatic N) is 2. The molecule has 1 aliphatic rings. The lowest BCUT2D eigenvalue weighted by molar-refractivity contribution is -0.135. The Morgan fingerprint density at radius 2 is 2.22 bits per heavy atom. The third kappa shape index (κ3) is 4.90. The maximum absolute atomic E-state index is 13.2. The summed E-state index contributed by atoms with van der Waals surface area (Å²) in [6, 6.07) is 6.20. The van der Waals surface area contributed by atoms with Gasteiger partial charge in [-0.2, -0.15) is 0 Å². The van der Waals surface area contributed by atoms with Crippen LogP contribution in [-0.2, 0) is 11.3 Å². The maximum Gasteiger partial charge on any atom is 0.239 e. The molecule has 0 saturated carbocycles. The maximum atomic E-state index is 13.2. The van der Waals surface area contributed by atoms with Crippen LogP contribution in [0.15, 0.2) is 24.3 Å². The largest absolute Gasteiger partial charge is 0.340 e. The van der Waals surface area contributed by atoms with Crippen LogP contribution in [0.4, 0.5) is 4.39 Å². The molecule has 1 amide bonds. The van der Waals surface area contributed by atoms with E-state index in [1.54, 1.807) is 18.0 Å². The summed E-state index contributed by atoms with van der Waals surface area (Å²) in [5.41, 5.74) is 6.73. The van der Waals surface area contributed by atoms with Gasteiger partial charge in [0.15, 0.2) is 0 Å². The van der Waals surface area contributed by atoms with Crippen molar-refractivity contribution >= 4 is 18.3 Å². The van der Waals surface area contributed by atoms with Gasteiger partial charge in [-0.15, -0.1) is 12.4 Å². The van der Waals surface area contributed by atoms with Crippen molar-refractivity contribution < 1.29 is 9.18 Å². The third-order valence-corrected chi connectivity index (χ3v) is 4.67. The number of nitrogens with two attached hydrogens (primary N) is 1. The second-order valence-corrected chi connectivity index (χ2v) is 6.74. The number of carbonyl (C=O) groups is 1. The van der Waals surface area contributed by atoms with E-state index < -0.39 is 0 Å². The molecule has 0 aromatic heterocycles. The Kier molecular flexibility index (Phi) is 6.99. The average molecular weight is 344 g/mol. The highest BCUT2D eigenvalue weighted by molar-refractivity contribution is 5.85. The van der Waals surface area contributed by atoms with Crippen molar-refractivity contribution in [1.82, 2.24) is 9.80 Å². The number of carbonyl (C=O) groups excluding carboxylic acids is 1. The van der Waals surface area contributed by atoms with E-state index in [9.17, 15) is 9.18 Å². The molecule has 130 valence electrons. The SMILES string of the molecule is CC(C(=O)N(C)Cc1cccc(F)c1)N1CCC(C)(CN)C1.Cl. The molecule has 0 radical (unpaired) electrons. The Morgan fingerprint density at radius 1 is 1.52 bits per heavy atom. The van der Waals surface area contributed by atoms with E-state index in [-0.39, 0.29) is 35.6 Å². The molecule has 2 N–H and O–H groups in total. The molecule has 1 fully saturated rings. The van der Waals surface area contributed by atoms with E-state index in [0.717, 1.165) is 25.1 Å². The Bertz CT molecular complexity index is 542. The summed E-state index contributed by atoms with van der Waals surface area (Å²) in [7, 11) is 1.77. The summed E-state index contributed by atoms with van der Waals surface area (Å²) < 4.78 is 13.2. The molecule has 2 atom stereocenters. The number of likely N-dealkylation sites (N-methyl/N-ethyl adjacent to an activating group) is 1. The zero-order valence-corrected chi connectivity index (χ0v) is 14.9. The van der Waals surface area contributed by atoms with Gasteiger partial charge in [0.25, 0.3) is 0 Å². The van der Waals surface area contributed by atoms with Crippen molar-refractivity contribution in [2.75, 3.05) is 26.7 Å². The van der Waals surface area contributed by atoms with Crippen LogP contribution in [-0.4, -0.2) is 48.4 Å². The molecule has 0 aliphatic carbocycles. The van der Waals surface area contributed by atoms with Gasteiger partial charge in [0.2, 0.25) is 5.91 Å². The highest BCUT2D eigenvalue weighted by Gasteiger charge is 2.37. The molecule has 2 unspecified atom stereocenters. The van der Waals surface area contributed by atoms with Gasteiger partial charge in [0.1, 0.15) is 5.82 Å². The number of hydrogen-bond acceptors (Lipinski definition) is 3. The van der Waals surface area contributed by atoms with E-state index in [4.69, 9.17) is 5.73 Å². The van der Waals surface area contributed by atoms with E-state index >= 15 is 0 Å². The van der Waals surface area contributed by atoms with Crippen molar-refractivity contribution in [3.05, 3.63) is 35.6 Å². The molecular formula is C17H27ClFN3O. The zero-order valence-electron chi connectivity index (χ0n) is 14.1. The molecule has 23 heavy (non-hydrogen) atoms. The van der Waals surface area contributed by atoms with Gasteiger partial charge < -0.3 is 10.6 Å². The standard InChI is InChI=1S/C17H26FN3O.ClH/c1-13(21-8-7-17(2,11-19)12-21)16(22)20(3)10-14-5-4-6-15(18)9-14;/h4-6,9,13H,7-8,10-12,19H2,1-3H3;1H. The summed E-state index contributed by atoms with van der Waals surface area (Å²) in [6.45, 7) is 6.92. The summed E-state index contributed by atoms with van der Waals surface area (Å²) in [6.07, 6.45) is 1.02. The Hall–Kier alpha value is -1.17. The molecule has 6 heteroatoms. The van der Waals surface area contributed by atoms with E-state index in [2.05, 4.69) is 11.8 Å². The van der Waals surface area contributed by atoms with Crippen LogP contribution in [0, 0.1) is 11.2 Å². The van der Waals surface area contributed by atoms with Gasteiger partial charge in [0.05, 0.1) is 6.04 Å². The van der Waals surface area contributed by atoms with Crippen LogP contribution in [0.2, 0.25) is 0 Å². The van der Waals surface area contributed by atoms with Crippen molar-refractivity contribution in [3.63, 3.8) is 0 Å². The first-order chi connectivity index (χ1) is 10.3. The second kappa shape index (κ2) is 8.08. The minimum absolute atomic E-state index is 0. The van der Waals surface area contributed by atoms with Gasteiger partial charge in [-0.25, -0.2) is 4.39 Å². The van der Waals surface area contributed by atoms with E-state index in [0.29, 0.717) is 13.1 Å². The third-order valence-electron chi connectivity index (χ3n) is 4.67. The van der Waals surface area contributed by atoms with Crippen LogP contribution in [0.3, 0.4) is 0 Å². The van der Waals surface area contributed by atoms with Crippen LogP contribution < -0.4 is 5.73 Å². The number of amides is 1. The lowest BCUT2D eigenvalue weighted by Gasteiger charge is -2.29. The summed E-state index contributed by atoms with van der Waals surface area (Å²) in [4.78, 5) is 16.4. The Morgan fingerprint density at radius 3 is 2.78 bits per heavy atom. The lowest BCUT2D eigenvalue weighted by Crippen LogP contribution is -2.45. The monoisotopic (exact) mass is 343 g/mol. The molecule has 4 nitrogen and oxygen atoms in total. The van der Waals surface area contributed by atoms with Crippen molar-refractivity contribution in [3.8, 4) is 0 Å². The molecule has 1 aromatic rings. The first kappa shape index (κ1) is 19.9. The Balaban J connectivity index is 0.00000264. The van der Waals surface area contributed by atoms with Crippen LogP contribution >= 0.6 is 12.4 Å². The normalized spacial score (nSPS) is 22.5. The molecule has 1 saturated heterocycles. The molecule has 1 heterocycles. The van der Waals surface area contributed by atoms with Gasteiger partial charge in [-0.05, 0) is 49.5 Å². The molecule has 0 spiro atoms.